The largest absolute Gasteiger partial charge is 0.356 e. The molecule has 1 aromatic rings. The molecule has 2 N–H and O–H groups in total. The molecular weight excluding hydrogens is 248 g/mol. The number of hydrogen-bond acceptors (Lipinski definition) is 5. The topological polar surface area (TPSA) is 97.1 Å². The summed E-state index contributed by atoms with van der Waals surface area (Å²) in [4.78, 5) is 26.5. The second-order valence-electron chi connectivity index (χ2n) is 4.36. The first-order chi connectivity index (χ1) is 9.01. The monoisotopic (exact) mass is 268 g/mol. The first-order valence-electron chi connectivity index (χ1n) is 6.36. The Labute approximate surface area is 112 Å². The van der Waals surface area contributed by atoms with Crippen molar-refractivity contribution in [1.82, 2.24) is 20.8 Å². The molecule has 0 aliphatic carbocycles. The molecule has 0 aromatic carbocycles. The molecule has 7 heteroatoms. The number of carbonyl (C=O) groups is 2. The van der Waals surface area contributed by atoms with Crippen LogP contribution < -0.4 is 10.6 Å². The van der Waals surface area contributed by atoms with E-state index in [-0.39, 0.29) is 24.3 Å². The van der Waals surface area contributed by atoms with Crippen molar-refractivity contribution >= 4 is 11.8 Å². The van der Waals surface area contributed by atoms with Crippen molar-refractivity contribution in [3.05, 3.63) is 11.7 Å². The van der Waals surface area contributed by atoms with E-state index in [0.717, 1.165) is 0 Å². The summed E-state index contributed by atoms with van der Waals surface area (Å²) < 4.78 is 4.96. The number of nitrogens with zero attached hydrogens (tertiary/aromatic N) is 2. The molecule has 2 amide bonds. The molecule has 7 nitrogen and oxygen atoms in total. The molecular formula is C12H20N4O3. The third-order valence-corrected chi connectivity index (χ3v) is 2.42. The van der Waals surface area contributed by atoms with Gasteiger partial charge >= 0.3 is 0 Å². The molecule has 19 heavy (non-hydrogen) atoms. The zero-order chi connectivity index (χ0) is 14.3. The Morgan fingerprint density at radius 2 is 2.16 bits per heavy atom. The highest BCUT2D eigenvalue weighted by molar-refractivity contribution is 5.78. The molecule has 1 rings (SSSR count). The van der Waals surface area contributed by atoms with Crippen molar-refractivity contribution in [2.45, 2.75) is 46.1 Å². The highest BCUT2D eigenvalue weighted by atomic mass is 16.5. The lowest BCUT2D eigenvalue weighted by Crippen LogP contribution is -2.36. The first-order valence-corrected chi connectivity index (χ1v) is 6.36. The van der Waals surface area contributed by atoms with E-state index in [1.54, 1.807) is 6.92 Å². The minimum Gasteiger partial charge on any atom is -0.356 e. The summed E-state index contributed by atoms with van der Waals surface area (Å²) in [7, 11) is 0. The van der Waals surface area contributed by atoms with Crippen LogP contribution in [-0.4, -0.2) is 34.5 Å². The molecule has 0 aliphatic rings. The van der Waals surface area contributed by atoms with Crippen LogP contribution in [0.2, 0.25) is 0 Å². The van der Waals surface area contributed by atoms with E-state index in [4.69, 9.17) is 4.52 Å². The lowest BCUT2D eigenvalue weighted by molar-refractivity contribution is -0.122. The fourth-order valence-electron chi connectivity index (χ4n) is 1.60. The number of hydrogen-bond donors (Lipinski definition) is 2. The van der Waals surface area contributed by atoms with Crippen molar-refractivity contribution in [3.8, 4) is 0 Å². The number of nitrogens with one attached hydrogen (secondary N) is 2. The van der Waals surface area contributed by atoms with Crippen LogP contribution in [-0.2, 0) is 22.4 Å². The van der Waals surface area contributed by atoms with Crippen LogP contribution >= 0.6 is 0 Å². The van der Waals surface area contributed by atoms with Gasteiger partial charge in [-0.2, -0.15) is 4.98 Å². The van der Waals surface area contributed by atoms with E-state index in [0.29, 0.717) is 31.1 Å². The molecule has 0 bridgehead atoms. The second-order valence-corrected chi connectivity index (χ2v) is 4.36. The third kappa shape index (κ3) is 5.98. The average Bonchev–Trinajstić information content (AvgIpc) is 2.75. The van der Waals surface area contributed by atoms with Gasteiger partial charge in [0.15, 0.2) is 5.82 Å². The molecule has 1 heterocycles. The summed E-state index contributed by atoms with van der Waals surface area (Å²) in [6.07, 6.45) is 1.49. The standard InChI is InChI=1S/C12H20N4O3/c1-4-12-15-10(16-19-12)5-6-13-11(18)7-8(2)14-9(3)17/h8H,4-7H2,1-3H3,(H,13,18)(H,14,17)/t8-/m0/s1. The van der Waals surface area contributed by atoms with E-state index >= 15 is 0 Å². The minimum atomic E-state index is -0.172. The van der Waals surface area contributed by atoms with E-state index < -0.39 is 0 Å². The van der Waals surface area contributed by atoms with E-state index in [1.165, 1.54) is 6.92 Å². The number of aromatic nitrogens is 2. The number of rotatable bonds is 7. The Hall–Kier alpha value is -1.92. The van der Waals surface area contributed by atoms with Crippen molar-refractivity contribution in [2.24, 2.45) is 0 Å². The van der Waals surface area contributed by atoms with Gasteiger partial charge < -0.3 is 15.2 Å². The van der Waals surface area contributed by atoms with Crippen LogP contribution in [0.3, 0.4) is 0 Å². The minimum absolute atomic E-state index is 0.111. The molecule has 0 saturated carbocycles. The van der Waals surface area contributed by atoms with Crippen molar-refractivity contribution in [1.29, 1.82) is 0 Å². The van der Waals surface area contributed by atoms with Crippen molar-refractivity contribution in [3.63, 3.8) is 0 Å². The second kappa shape index (κ2) is 7.50. The predicted octanol–water partition coefficient (Wildman–Crippen LogP) is 0.205. The Bertz CT molecular complexity index is 430. The zero-order valence-electron chi connectivity index (χ0n) is 11.5. The number of aryl methyl sites for hydroxylation is 1. The SMILES string of the molecule is CCc1nc(CCNC(=O)C[C@H](C)NC(C)=O)no1. The lowest BCUT2D eigenvalue weighted by Gasteiger charge is -2.11. The predicted molar refractivity (Wildman–Crippen MR) is 68.3 cm³/mol. The smallest absolute Gasteiger partial charge is 0.226 e. The summed E-state index contributed by atoms with van der Waals surface area (Å²) in [6.45, 7) is 5.60. The molecule has 1 atom stereocenters. The van der Waals surface area contributed by atoms with Crippen molar-refractivity contribution < 1.29 is 14.1 Å². The van der Waals surface area contributed by atoms with Gasteiger partial charge in [0.05, 0.1) is 0 Å². The molecule has 0 spiro atoms. The summed E-state index contributed by atoms with van der Waals surface area (Å²) in [5.41, 5.74) is 0. The zero-order valence-corrected chi connectivity index (χ0v) is 11.5. The van der Waals surface area contributed by atoms with Gasteiger partial charge in [0, 0.05) is 38.8 Å². The van der Waals surface area contributed by atoms with E-state index in [9.17, 15) is 9.59 Å². The molecule has 0 aliphatic heterocycles. The molecule has 0 saturated heterocycles. The van der Waals surface area contributed by atoms with Gasteiger partial charge in [-0.15, -0.1) is 0 Å². The van der Waals surface area contributed by atoms with Crippen LogP contribution in [0.4, 0.5) is 0 Å². The first kappa shape index (κ1) is 15.1. The highest BCUT2D eigenvalue weighted by Crippen LogP contribution is 1.98. The van der Waals surface area contributed by atoms with Crippen molar-refractivity contribution in [2.75, 3.05) is 6.54 Å². The number of carbonyl (C=O) groups excluding carboxylic acids is 2. The molecule has 1 aromatic heterocycles. The Kier molecular flexibility index (Phi) is 5.98. The summed E-state index contributed by atoms with van der Waals surface area (Å²) in [5, 5.41) is 9.19. The van der Waals surface area contributed by atoms with Crippen LogP contribution in [0.25, 0.3) is 0 Å². The molecule has 106 valence electrons. The average molecular weight is 268 g/mol. The Morgan fingerprint density at radius 1 is 1.42 bits per heavy atom. The summed E-state index contributed by atoms with van der Waals surface area (Å²) in [5.74, 6) is 0.937. The summed E-state index contributed by atoms with van der Waals surface area (Å²) in [6, 6.07) is -0.172. The number of amides is 2. The van der Waals surface area contributed by atoms with Gasteiger partial charge in [-0.05, 0) is 6.92 Å². The van der Waals surface area contributed by atoms with E-state index in [2.05, 4.69) is 20.8 Å². The van der Waals surface area contributed by atoms with Gasteiger partial charge in [0.2, 0.25) is 17.7 Å². The normalized spacial score (nSPS) is 11.9. The van der Waals surface area contributed by atoms with Crippen LogP contribution in [0.1, 0.15) is 38.9 Å². The lowest BCUT2D eigenvalue weighted by atomic mass is 10.2. The fraction of sp³-hybridized carbons (Fsp3) is 0.667. The van der Waals surface area contributed by atoms with Crippen LogP contribution in [0.5, 0.6) is 0 Å². The summed E-state index contributed by atoms with van der Waals surface area (Å²) >= 11 is 0. The maximum Gasteiger partial charge on any atom is 0.226 e. The Balaban J connectivity index is 2.21. The van der Waals surface area contributed by atoms with Gasteiger partial charge in [-0.1, -0.05) is 12.1 Å². The fourth-order valence-corrected chi connectivity index (χ4v) is 1.60. The van der Waals surface area contributed by atoms with Gasteiger partial charge in [-0.25, -0.2) is 0 Å². The maximum absolute atomic E-state index is 11.6. The Morgan fingerprint density at radius 3 is 2.74 bits per heavy atom. The molecule has 0 unspecified atom stereocenters. The van der Waals surface area contributed by atoms with Gasteiger partial charge in [0.1, 0.15) is 0 Å². The van der Waals surface area contributed by atoms with Crippen LogP contribution in [0, 0.1) is 0 Å². The van der Waals surface area contributed by atoms with Gasteiger partial charge in [-0.3, -0.25) is 9.59 Å². The molecule has 0 fully saturated rings. The van der Waals surface area contributed by atoms with Crippen LogP contribution in [0.15, 0.2) is 4.52 Å². The molecule has 0 radical (unpaired) electrons. The third-order valence-electron chi connectivity index (χ3n) is 2.42. The maximum atomic E-state index is 11.6. The highest BCUT2D eigenvalue weighted by Gasteiger charge is 2.10. The van der Waals surface area contributed by atoms with E-state index in [1.807, 2.05) is 6.92 Å². The van der Waals surface area contributed by atoms with Gasteiger partial charge in [0.25, 0.3) is 0 Å². The quantitative estimate of drug-likeness (QED) is 0.736.